The van der Waals surface area contributed by atoms with Crippen molar-refractivity contribution in [2.45, 2.75) is 33.6 Å². The van der Waals surface area contributed by atoms with Gasteiger partial charge in [-0.3, -0.25) is 9.59 Å². The van der Waals surface area contributed by atoms with Gasteiger partial charge in [-0.25, -0.2) is 0 Å². The molecule has 1 aromatic heterocycles. The molecule has 30 heavy (non-hydrogen) atoms. The maximum Gasteiger partial charge on any atom is 0.272 e. The van der Waals surface area contributed by atoms with Gasteiger partial charge in [-0.1, -0.05) is 50.2 Å². The van der Waals surface area contributed by atoms with E-state index in [0.29, 0.717) is 11.3 Å². The normalized spacial score (nSPS) is 11.2. The second-order valence-corrected chi connectivity index (χ2v) is 6.95. The van der Waals surface area contributed by atoms with E-state index in [2.05, 4.69) is 10.6 Å². The molecule has 3 rings (SSSR count). The number of furan rings is 1. The molecule has 0 unspecified atom stereocenters. The van der Waals surface area contributed by atoms with Crippen LogP contribution in [0.15, 0.2) is 71.0 Å². The molecule has 0 atom stereocenters. The lowest BCUT2D eigenvalue weighted by Crippen LogP contribution is -2.31. The number of nitrogens with one attached hydrogen (secondary N) is 2. The number of hydrogen-bond acceptors (Lipinski definition) is 3. The largest absolute Gasteiger partial charge is 0.465 e. The highest BCUT2D eigenvalue weighted by Crippen LogP contribution is 2.23. The summed E-state index contributed by atoms with van der Waals surface area (Å²) < 4.78 is 5.36. The van der Waals surface area contributed by atoms with Crippen molar-refractivity contribution < 1.29 is 14.0 Å². The fourth-order valence-corrected chi connectivity index (χ4v) is 3.28. The molecular weight excluding hydrogens is 376 g/mol. The van der Waals surface area contributed by atoms with Gasteiger partial charge in [-0.2, -0.15) is 0 Å². The van der Waals surface area contributed by atoms with Crippen LogP contribution in [0.1, 0.15) is 46.7 Å². The average Bonchev–Trinajstić information content (AvgIpc) is 3.26. The molecule has 0 fully saturated rings. The summed E-state index contributed by atoms with van der Waals surface area (Å²) in [6.07, 6.45) is 4.63. The van der Waals surface area contributed by atoms with Crippen LogP contribution in [0.2, 0.25) is 0 Å². The number of hydrogen-bond donors (Lipinski definition) is 2. The van der Waals surface area contributed by atoms with E-state index < -0.39 is 5.91 Å². The lowest BCUT2D eigenvalue weighted by molar-refractivity contribution is -0.113. The smallest absolute Gasteiger partial charge is 0.272 e. The maximum absolute atomic E-state index is 13.2. The molecule has 5 nitrogen and oxygen atoms in total. The minimum atomic E-state index is -0.399. The van der Waals surface area contributed by atoms with Crippen molar-refractivity contribution >= 4 is 23.6 Å². The lowest BCUT2D eigenvalue weighted by atomic mass is 10.0. The van der Waals surface area contributed by atoms with Crippen LogP contribution in [0.4, 0.5) is 5.69 Å². The summed E-state index contributed by atoms with van der Waals surface area (Å²) in [6.45, 7) is 5.95. The predicted octanol–water partition coefficient (Wildman–Crippen LogP) is 5.12. The SMILES string of the molecule is CCc1cccc(CC)c1NC(=O)/C(=C/c1ccco1)NC(=O)c1ccccc1C. The van der Waals surface area contributed by atoms with E-state index in [9.17, 15) is 9.59 Å². The lowest BCUT2D eigenvalue weighted by Gasteiger charge is -2.16. The Kier molecular flexibility index (Phi) is 6.86. The molecule has 2 amide bonds. The summed E-state index contributed by atoms with van der Waals surface area (Å²) in [5.41, 5.74) is 4.35. The van der Waals surface area contributed by atoms with Crippen LogP contribution in [0, 0.1) is 6.92 Å². The monoisotopic (exact) mass is 402 g/mol. The number of para-hydroxylation sites is 1. The maximum atomic E-state index is 13.2. The molecule has 0 saturated carbocycles. The summed E-state index contributed by atoms with van der Waals surface area (Å²) >= 11 is 0. The van der Waals surface area contributed by atoms with Crippen molar-refractivity contribution in [3.63, 3.8) is 0 Å². The highest BCUT2D eigenvalue weighted by Gasteiger charge is 2.18. The van der Waals surface area contributed by atoms with E-state index in [0.717, 1.165) is 35.2 Å². The van der Waals surface area contributed by atoms with Crippen molar-refractivity contribution in [3.8, 4) is 0 Å². The first-order valence-corrected chi connectivity index (χ1v) is 10.1. The van der Waals surface area contributed by atoms with Gasteiger partial charge >= 0.3 is 0 Å². The number of carbonyl (C=O) groups excluding carboxylic acids is 2. The van der Waals surface area contributed by atoms with E-state index in [1.165, 1.54) is 12.3 Å². The van der Waals surface area contributed by atoms with Gasteiger partial charge in [0.05, 0.1) is 6.26 Å². The van der Waals surface area contributed by atoms with Crippen LogP contribution in [-0.4, -0.2) is 11.8 Å². The van der Waals surface area contributed by atoms with Crippen molar-refractivity contribution in [2.24, 2.45) is 0 Å². The minimum absolute atomic E-state index is 0.117. The van der Waals surface area contributed by atoms with Crippen LogP contribution in [0.3, 0.4) is 0 Å². The summed E-state index contributed by atoms with van der Waals surface area (Å²) in [5, 5.41) is 5.76. The Hall–Kier alpha value is -3.60. The number of aryl methyl sites for hydroxylation is 3. The van der Waals surface area contributed by atoms with E-state index in [4.69, 9.17) is 4.42 Å². The summed E-state index contributed by atoms with van der Waals surface area (Å²) in [7, 11) is 0. The number of benzene rings is 2. The Morgan fingerprint density at radius 3 is 2.23 bits per heavy atom. The van der Waals surface area contributed by atoms with Crippen molar-refractivity contribution in [2.75, 3.05) is 5.32 Å². The minimum Gasteiger partial charge on any atom is -0.465 e. The van der Waals surface area contributed by atoms with Crippen LogP contribution in [0.25, 0.3) is 6.08 Å². The average molecular weight is 402 g/mol. The molecule has 0 aliphatic rings. The van der Waals surface area contributed by atoms with E-state index in [-0.39, 0.29) is 11.6 Å². The van der Waals surface area contributed by atoms with Gasteiger partial charge in [0.2, 0.25) is 0 Å². The van der Waals surface area contributed by atoms with Gasteiger partial charge in [0, 0.05) is 17.3 Å². The Bertz CT molecular complexity index is 1040. The van der Waals surface area contributed by atoms with Gasteiger partial charge in [0.15, 0.2) is 0 Å². The number of anilines is 1. The van der Waals surface area contributed by atoms with Crippen molar-refractivity contribution in [1.29, 1.82) is 0 Å². The van der Waals surface area contributed by atoms with E-state index >= 15 is 0 Å². The van der Waals surface area contributed by atoms with Gasteiger partial charge in [0.1, 0.15) is 11.5 Å². The first kappa shape index (κ1) is 21.1. The second kappa shape index (κ2) is 9.74. The number of carbonyl (C=O) groups is 2. The van der Waals surface area contributed by atoms with Crippen molar-refractivity contribution in [1.82, 2.24) is 5.32 Å². The molecule has 0 spiro atoms. The summed E-state index contributed by atoms with van der Waals surface area (Å²) in [6, 6.07) is 16.7. The molecule has 0 aliphatic heterocycles. The molecule has 0 saturated heterocycles. The Morgan fingerprint density at radius 2 is 1.63 bits per heavy atom. The Labute approximate surface area is 176 Å². The Balaban J connectivity index is 1.93. The third-order valence-electron chi connectivity index (χ3n) is 4.95. The van der Waals surface area contributed by atoms with Gasteiger partial charge < -0.3 is 15.1 Å². The van der Waals surface area contributed by atoms with E-state index in [1.54, 1.807) is 24.3 Å². The summed E-state index contributed by atoms with van der Waals surface area (Å²) in [4.78, 5) is 26.0. The van der Waals surface area contributed by atoms with Crippen molar-refractivity contribution in [3.05, 3.63) is 94.6 Å². The first-order chi connectivity index (χ1) is 14.5. The quantitative estimate of drug-likeness (QED) is 0.539. The molecule has 154 valence electrons. The number of rotatable bonds is 7. The molecule has 0 aliphatic carbocycles. The topological polar surface area (TPSA) is 71.3 Å². The molecule has 2 N–H and O–H groups in total. The molecule has 1 heterocycles. The standard InChI is InChI=1S/C25H26N2O3/c1-4-18-11-8-12-19(5-2)23(18)27-25(29)22(16-20-13-9-15-30-20)26-24(28)21-14-7-6-10-17(21)3/h6-16H,4-5H2,1-3H3,(H,26,28)(H,27,29)/b22-16-. The molecule has 2 aromatic carbocycles. The van der Waals surface area contributed by atoms with E-state index in [1.807, 2.05) is 51.1 Å². The predicted molar refractivity (Wildman–Crippen MR) is 119 cm³/mol. The molecule has 5 heteroatoms. The Morgan fingerprint density at radius 1 is 0.933 bits per heavy atom. The first-order valence-electron chi connectivity index (χ1n) is 10.1. The second-order valence-electron chi connectivity index (χ2n) is 6.95. The third-order valence-corrected chi connectivity index (χ3v) is 4.95. The highest BCUT2D eigenvalue weighted by atomic mass is 16.3. The van der Waals surface area contributed by atoms with Gasteiger partial charge in [0.25, 0.3) is 11.8 Å². The zero-order valence-electron chi connectivity index (χ0n) is 17.5. The number of amides is 2. The van der Waals surface area contributed by atoms with Crippen LogP contribution < -0.4 is 10.6 Å². The van der Waals surface area contributed by atoms with Crippen LogP contribution in [-0.2, 0) is 17.6 Å². The zero-order chi connectivity index (χ0) is 21.5. The van der Waals surface area contributed by atoms with Gasteiger partial charge in [-0.05, 0) is 54.7 Å². The fraction of sp³-hybridized carbons (Fsp3) is 0.200. The summed E-state index contributed by atoms with van der Waals surface area (Å²) in [5.74, 6) is -0.269. The molecule has 3 aromatic rings. The molecule has 0 radical (unpaired) electrons. The fourth-order valence-electron chi connectivity index (χ4n) is 3.28. The van der Waals surface area contributed by atoms with Crippen LogP contribution >= 0.6 is 0 Å². The zero-order valence-corrected chi connectivity index (χ0v) is 17.5. The third kappa shape index (κ3) is 4.87. The van der Waals surface area contributed by atoms with Crippen LogP contribution in [0.5, 0.6) is 0 Å². The highest BCUT2D eigenvalue weighted by molar-refractivity contribution is 6.11. The molecular formula is C25H26N2O3. The molecule has 0 bridgehead atoms. The van der Waals surface area contributed by atoms with Gasteiger partial charge in [-0.15, -0.1) is 0 Å².